The highest BCUT2D eigenvalue weighted by atomic mass is 35.5. The van der Waals surface area contributed by atoms with E-state index in [0.29, 0.717) is 35.5 Å². The lowest BCUT2D eigenvalue weighted by molar-refractivity contribution is 0.103. The molecule has 0 bridgehead atoms. The van der Waals surface area contributed by atoms with Gasteiger partial charge in [-0.25, -0.2) is 4.79 Å². The number of carbonyl (C=O) groups is 1. The standard InChI is InChI=1S/C27H42ClN3O7P2/c1-4-30(5-2)16-6-7-19(3)31(25-14-15-29-24-18-21(28)10-12-23(24)25)27(32)38-22-11-8-20(17-22)9-13-26(39(33)34)40(35,36)37/h10,12,14-15,18-20,22,26,33-34H,4-9,11,13,16-17H2,1-3H3,(H2,35,36,37). The first-order valence-electron chi connectivity index (χ1n) is 13.9. The van der Waals surface area contributed by atoms with Gasteiger partial charge in [0.1, 0.15) is 11.5 Å². The number of ether oxygens (including phenoxy) is 1. The largest absolute Gasteiger partial charge is 0.446 e. The van der Waals surface area contributed by atoms with Gasteiger partial charge in [0.05, 0.1) is 11.2 Å². The molecule has 13 heteroatoms. The summed E-state index contributed by atoms with van der Waals surface area (Å²) in [4.78, 5) is 60.0. The van der Waals surface area contributed by atoms with Crippen LogP contribution in [0.3, 0.4) is 0 Å². The van der Waals surface area contributed by atoms with Crippen LogP contribution in [0.25, 0.3) is 10.9 Å². The topological polar surface area (TPSA) is 144 Å². The summed E-state index contributed by atoms with van der Waals surface area (Å²) in [7, 11) is -7.35. The number of amides is 1. The lowest BCUT2D eigenvalue weighted by Gasteiger charge is -2.31. The maximum absolute atomic E-state index is 13.7. The van der Waals surface area contributed by atoms with E-state index in [9.17, 15) is 28.9 Å². The molecule has 1 aliphatic carbocycles. The van der Waals surface area contributed by atoms with Crippen molar-refractivity contribution in [2.45, 2.75) is 83.3 Å². The number of halogens is 1. The number of fused-ring (bicyclic) bond motifs is 1. The molecule has 1 aromatic heterocycles. The third-order valence-electron chi connectivity index (χ3n) is 7.82. The predicted molar refractivity (Wildman–Crippen MR) is 160 cm³/mol. The Morgan fingerprint density at radius 3 is 2.58 bits per heavy atom. The molecule has 40 heavy (non-hydrogen) atoms. The number of hydrogen-bond acceptors (Lipinski definition) is 7. The molecule has 1 amide bonds. The number of hydrogen-bond donors (Lipinski definition) is 4. The lowest BCUT2D eigenvalue weighted by Crippen LogP contribution is -2.41. The molecule has 0 radical (unpaired) electrons. The predicted octanol–water partition coefficient (Wildman–Crippen LogP) is 6.09. The van der Waals surface area contributed by atoms with Crippen LogP contribution in [0.15, 0.2) is 30.5 Å². The molecule has 0 aliphatic heterocycles. The zero-order valence-corrected chi connectivity index (χ0v) is 25.9. The number of rotatable bonds is 14. The Balaban J connectivity index is 1.73. The highest BCUT2D eigenvalue weighted by molar-refractivity contribution is 7.67. The van der Waals surface area contributed by atoms with Crippen molar-refractivity contribution < 1.29 is 33.7 Å². The van der Waals surface area contributed by atoms with Crippen LogP contribution in [-0.2, 0) is 9.30 Å². The van der Waals surface area contributed by atoms with Gasteiger partial charge >= 0.3 is 13.7 Å². The van der Waals surface area contributed by atoms with Crippen LogP contribution in [-0.4, -0.2) is 72.7 Å². The first kappa shape index (κ1) is 33.2. The van der Waals surface area contributed by atoms with E-state index in [4.69, 9.17) is 16.3 Å². The van der Waals surface area contributed by atoms with E-state index >= 15 is 0 Å². The number of anilines is 1. The fourth-order valence-corrected chi connectivity index (χ4v) is 7.62. The molecular weight excluding hydrogens is 576 g/mol. The molecule has 4 unspecified atom stereocenters. The number of pyridine rings is 1. The summed E-state index contributed by atoms with van der Waals surface area (Å²) < 4.78 is 17.6. The number of benzene rings is 1. The van der Waals surface area contributed by atoms with Gasteiger partial charge in [0.15, 0.2) is 8.38 Å². The van der Waals surface area contributed by atoms with Crippen molar-refractivity contribution in [3.63, 3.8) is 0 Å². The van der Waals surface area contributed by atoms with E-state index < -0.39 is 27.5 Å². The first-order valence-corrected chi connectivity index (χ1v) is 17.3. The Morgan fingerprint density at radius 1 is 1.20 bits per heavy atom. The van der Waals surface area contributed by atoms with Crippen LogP contribution in [0.1, 0.15) is 65.7 Å². The van der Waals surface area contributed by atoms with Crippen molar-refractivity contribution in [2.24, 2.45) is 5.92 Å². The molecule has 3 rings (SSSR count). The van der Waals surface area contributed by atoms with Crippen molar-refractivity contribution in [1.29, 1.82) is 0 Å². The smallest absolute Gasteiger partial charge is 0.414 e. The fourth-order valence-electron chi connectivity index (χ4n) is 5.51. The van der Waals surface area contributed by atoms with Crippen LogP contribution in [0, 0.1) is 5.92 Å². The van der Waals surface area contributed by atoms with Crippen molar-refractivity contribution in [1.82, 2.24) is 9.88 Å². The monoisotopic (exact) mass is 617 g/mol. The highest BCUT2D eigenvalue weighted by Crippen LogP contribution is 2.57. The van der Waals surface area contributed by atoms with E-state index in [2.05, 4.69) is 23.7 Å². The molecule has 2 aromatic rings. The Morgan fingerprint density at radius 2 is 1.93 bits per heavy atom. The molecule has 4 atom stereocenters. The number of aromatic nitrogens is 1. The summed E-state index contributed by atoms with van der Waals surface area (Å²) in [6, 6.07) is 7.09. The Labute approximate surface area is 242 Å². The quantitative estimate of drug-likeness (QED) is 0.185. The molecule has 1 aliphatic rings. The van der Waals surface area contributed by atoms with Crippen LogP contribution >= 0.6 is 27.6 Å². The van der Waals surface area contributed by atoms with Gasteiger partial charge in [-0.3, -0.25) is 14.4 Å². The summed E-state index contributed by atoms with van der Waals surface area (Å²) in [5.41, 5.74) is 1.40. The van der Waals surface area contributed by atoms with Crippen molar-refractivity contribution >= 4 is 50.3 Å². The van der Waals surface area contributed by atoms with Crippen LogP contribution in [0.2, 0.25) is 5.02 Å². The summed E-state index contributed by atoms with van der Waals surface area (Å²) in [6.45, 7) is 9.19. The van der Waals surface area contributed by atoms with Gasteiger partial charge < -0.3 is 29.2 Å². The lowest BCUT2D eigenvalue weighted by atomic mass is 10.0. The summed E-state index contributed by atoms with van der Waals surface area (Å²) in [5, 5.41) is -0.0894. The Kier molecular flexibility index (Phi) is 12.6. The van der Waals surface area contributed by atoms with Crippen molar-refractivity contribution in [2.75, 3.05) is 24.5 Å². The fraction of sp³-hybridized carbons (Fsp3) is 0.630. The molecule has 1 heterocycles. The van der Waals surface area contributed by atoms with Crippen LogP contribution < -0.4 is 4.90 Å². The normalized spacial score (nSPS) is 19.4. The van der Waals surface area contributed by atoms with Crippen LogP contribution in [0.4, 0.5) is 10.5 Å². The van der Waals surface area contributed by atoms with Gasteiger partial charge in [-0.1, -0.05) is 25.4 Å². The zero-order chi connectivity index (χ0) is 29.4. The van der Waals surface area contributed by atoms with E-state index in [1.807, 2.05) is 19.1 Å². The third-order valence-corrected chi connectivity index (χ3v) is 11.4. The van der Waals surface area contributed by atoms with Crippen LogP contribution in [0.5, 0.6) is 0 Å². The number of nitrogens with zero attached hydrogens (tertiary/aromatic N) is 3. The average molecular weight is 618 g/mol. The van der Waals surface area contributed by atoms with E-state index in [1.54, 1.807) is 23.2 Å². The molecule has 10 nitrogen and oxygen atoms in total. The van der Waals surface area contributed by atoms with Gasteiger partial charge in [0.2, 0.25) is 0 Å². The van der Waals surface area contributed by atoms with Crippen molar-refractivity contribution in [3.8, 4) is 0 Å². The minimum atomic E-state index is -4.61. The molecule has 1 fully saturated rings. The summed E-state index contributed by atoms with van der Waals surface area (Å²) >= 11 is 6.20. The molecule has 0 saturated heterocycles. The molecule has 1 aromatic carbocycles. The molecule has 1 saturated carbocycles. The van der Waals surface area contributed by atoms with Gasteiger partial charge in [0.25, 0.3) is 0 Å². The van der Waals surface area contributed by atoms with Gasteiger partial charge in [-0.2, -0.15) is 0 Å². The SMILES string of the molecule is CCN(CC)CCCC(C)N(C(=O)OC1CCC(CCC(P(O)O)P(=O)(O)O)C1)c1ccnc2cc(Cl)ccc12. The van der Waals surface area contributed by atoms with Crippen molar-refractivity contribution in [3.05, 3.63) is 35.5 Å². The minimum absolute atomic E-state index is 0.00950. The Hall–Kier alpha value is -1.35. The third kappa shape index (κ3) is 9.07. The second-order valence-electron chi connectivity index (χ2n) is 10.5. The Bertz CT molecular complexity index is 1160. The minimum Gasteiger partial charge on any atom is -0.446 e. The first-order chi connectivity index (χ1) is 18.9. The average Bonchev–Trinajstić information content (AvgIpc) is 3.32. The zero-order valence-electron chi connectivity index (χ0n) is 23.4. The van der Waals surface area contributed by atoms with Gasteiger partial charge in [-0.05, 0) is 102 Å². The van der Waals surface area contributed by atoms with E-state index in [-0.39, 0.29) is 24.5 Å². The maximum Gasteiger partial charge on any atom is 0.414 e. The summed E-state index contributed by atoms with van der Waals surface area (Å²) in [5.74, 6) is 0.0747. The second kappa shape index (κ2) is 15.2. The molecule has 0 spiro atoms. The maximum atomic E-state index is 13.7. The van der Waals surface area contributed by atoms with E-state index in [0.717, 1.165) is 44.3 Å². The highest BCUT2D eigenvalue weighted by Gasteiger charge is 2.37. The van der Waals surface area contributed by atoms with Gasteiger partial charge in [0, 0.05) is 22.6 Å². The molecule has 4 N–H and O–H groups in total. The number of carbonyl (C=O) groups excluding carboxylic acids is 1. The molecule has 224 valence electrons. The molecular formula is C27H42ClN3O7P2. The van der Waals surface area contributed by atoms with E-state index in [1.165, 1.54) is 0 Å². The summed E-state index contributed by atoms with van der Waals surface area (Å²) in [6.07, 6.45) is 4.96. The second-order valence-corrected chi connectivity index (χ2v) is 14.4. The van der Waals surface area contributed by atoms with Gasteiger partial charge in [-0.15, -0.1) is 0 Å².